The van der Waals surface area contributed by atoms with E-state index in [1.165, 1.54) is 0 Å². The second-order valence-electron chi connectivity index (χ2n) is 4.72. The topological polar surface area (TPSA) is 52.6 Å². The molecule has 1 amide bonds. The maximum Gasteiger partial charge on any atom is 0.239 e. The fraction of sp³-hybridized carbons (Fsp3) is 0.909. The molecule has 86 valence electrons. The summed E-state index contributed by atoms with van der Waals surface area (Å²) in [6.45, 7) is 4.32. The number of nitrogens with one attached hydrogen (secondary N) is 1. The summed E-state index contributed by atoms with van der Waals surface area (Å²) < 4.78 is 0. The predicted octanol–water partition coefficient (Wildman–Crippen LogP) is -0.0323. The number of hydrogen-bond donors (Lipinski definition) is 2. The summed E-state index contributed by atoms with van der Waals surface area (Å²) in [6.07, 6.45) is 2.72. The van der Waals surface area contributed by atoms with Crippen molar-refractivity contribution < 1.29 is 9.90 Å². The van der Waals surface area contributed by atoms with Gasteiger partial charge in [-0.3, -0.25) is 4.79 Å². The summed E-state index contributed by atoms with van der Waals surface area (Å²) in [6, 6.07) is 0.0396. The molecule has 2 aliphatic rings. The predicted molar refractivity (Wildman–Crippen MR) is 57.4 cm³/mol. The van der Waals surface area contributed by atoms with Crippen molar-refractivity contribution in [2.75, 3.05) is 19.6 Å². The lowest BCUT2D eigenvalue weighted by Gasteiger charge is -2.21. The number of aliphatic hydroxyl groups is 1. The minimum atomic E-state index is -0.292. The molecular weight excluding hydrogens is 192 g/mol. The van der Waals surface area contributed by atoms with E-state index < -0.39 is 0 Å². The first kappa shape index (κ1) is 10.9. The Kier molecular flexibility index (Phi) is 3.26. The second-order valence-corrected chi connectivity index (χ2v) is 4.72. The number of hydrogen-bond acceptors (Lipinski definition) is 3. The molecule has 0 saturated carbocycles. The van der Waals surface area contributed by atoms with Crippen molar-refractivity contribution in [1.82, 2.24) is 10.2 Å². The smallest absolute Gasteiger partial charge is 0.239 e. The molecule has 2 saturated heterocycles. The van der Waals surface area contributed by atoms with Gasteiger partial charge in [0.1, 0.15) is 0 Å². The van der Waals surface area contributed by atoms with Gasteiger partial charge >= 0.3 is 0 Å². The van der Waals surface area contributed by atoms with Gasteiger partial charge in [-0.2, -0.15) is 0 Å². The molecule has 2 aliphatic heterocycles. The SMILES string of the molecule is CC(O)C1CCN(C(=O)[C@H]2CCCN2)C1. The van der Waals surface area contributed by atoms with Crippen LogP contribution in [-0.2, 0) is 4.79 Å². The summed E-state index contributed by atoms with van der Waals surface area (Å²) in [5.74, 6) is 0.506. The van der Waals surface area contributed by atoms with Crippen LogP contribution in [0.2, 0.25) is 0 Å². The van der Waals surface area contributed by atoms with Gasteiger partial charge in [0.05, 0.1) is 12.1 Å². The quantitative estimate of drug-likeness (QED) is 0.676. The molecule has 15 heavy (non-hydrogen) atoms. The Morgan fingerprint density at radius 1 is 1.53 bits per heavy atom. The zero-order chi connectivity index (χ0) is 10.8. The first-order valence-corrected chi connectivity index (χ1v) is 5.88. The molecular formula is C11H20N2O2. The van der Waals surface area contributed by atoms with Crippen molar-refractivity contribution in [3.8, 4) is 0 Å². The minimum Gasteiger partial charge on any atom is -0.393 e. The van der Waals surface area contributed by atoms with Crippen LogP contribution < -0.4 is 5.32 Å². The highest BCUT2D eigenvalue weighted by atomic mass is 16.3. The first-order chi connectivity index (χ1) is 7.18. The summed E-state index contributed by atoms with van der Waals surface area (Å²) in [5.41, 5.74) is 0. The molecule has 2 N–H and O–H groups in total. The molecule has 4 heteroatoms. The Hall–Kier alpha value is -0.610. The number of aliphatic hydroxyl groups excluding tert-OH is 1. The molecule has 3 atom stereocenters. The Balaban J connectivity index is 1.87. The Morgan fingerprint density at radius 2 is 2.33 bits per heavy atom. The van der Waals surface area contributed by atoms with Gasteiger partial charge in [-0.15, -0.1) is 0 Å². The van der Waals surface area contributed by atoms with Crippen LogP contribution in [0.3, 0.4) is 0 Å². The van der Waals surface area contributed by atoms with E-state index in [1.54, 1.807) is 0 Å². The lowest BCUT2D eigenvalue weighted by molar-refractivity contribution is -0.132. The lowest BCUT2D eigenvalue weighted by Crippen LogP contribution is -2.42. The summed E-state index contributed by atoms with van der Waals surface area (Å²) in [4.78, 5) is 13.9. The Morgan fingerprint density at radius 3 is 2.87 bits per heavy atom. The summed E-state index contributed by atoms with van der Waals surface area (Å²) in [7, 11) is 0. The Bertz CT molecular complexity index is 237. The fourth-order valence-electron chi connectivity index (χ4n) is 2.50. The van der Waals surface area contributed by atoms with Crippen LogP contribution in [0.5, 0.6) is 0 Å². The highest BCUT2D eigenvalue weighted by molar-refractivity contribution is 5.82. The van der Waals surface area contributed by atoms with Gasteiger partial charge in [0.25, 0.3) is 0 Å². The zero-order valence-electron chi connectivity index (χ0n) is 9.28. The van der Waals surface area contributed by atoms with E-state index >= 15 is 0 Å². The summed E-state index contributed by atoms with van der Waals surface area (Å²) in [5, 5.41) is 12.7. The van der Waals surface area contributed by atoms with Crippen LogP contribution in [0.1, 0.15) is 26.2 Å². The van der Waals surface area contributed by atoms with Crippen LogP contribution in [0.25, 0.3) is 0 Å². The van der Waals surface area contributed by atoms with Gasteiger partial charge in [0.15, 0.2) is 0 Å². The molecule has 0 bridgehead atoms. The molecule has 2 rings (SSSR count). The van der Waals surface area contributed by atoms with Gasteiger partial charge in [0.2, 0.25) is 5.91 Å². The fourth-order valence-corrected chi connectivity index (χ4v) is 2.50. The maximum atomic E-state index is 12.0. The van der Waals surface area contributed by atoms with E-state index in [1.807, 2.05) is 11.8 Å². The van der Waals surface area contributed by atoms with Crippen LogP contribution >= 0.6 is 0 Å². The van der Waals surface area contributed by atoms with E-state index in [4.69, 9.17) is 0 Å². The molecule has 0 radical (unpaired) electrons. The van der Waals surface area contributed by atoms with Crippen LogP contribution in [-0.4, -0.2) is 47.7 Å². The molecule has 0 spiro atoms. The van der Waals surface area contributed by atoms with Gasteiger partial charge in [-0.05, 0) is 32.7 Å². The van der Waals surface area contributed by atoms with E-state index in [9.17, 15) is 9.90 Å². The van der Waals surface area contributed by atoms with Crippen molar-refractivity contribution in [3.63, 3.8) is 0 Å². The molecule has 4 nitrogen and oxygen atoms in total. The minimum absolute atomic E-state index is 0.0396. The third kappa shape index (κ3) is 2.32. The van der Waals surface area contributed by atoms with Crippen molar-refractivity contribution in [1.29, 1.82) is 0 Å². The largest absolute Gasteiger partial charge is 0.393 e. The van der Waals surface area contributed by atoms with Crippen molar-refractivity contribution in [3.05, 3.63) is 0 Å². The zero-order valence-corrected chi connectivity index (χ0v) is 9.28. The molecule has 0 aromatic carbocycles. The highest BCUT2D eigenvalue weighted by Gasteiger charge is 2.33. The van der Waals surface area contributed by atoms with Crippen molar-refractivity contribution in [2.45, 2.75) is 38.3 Å². The lowest BCUT2D eigenvalue weighted by atomic mass is 10.0. The van der Waals surface area contributed by atoms with Gasteiger partial charge in [0, 0.05) is 19.0 Å². The van der Waals surface area contributed by atoms with Crippen molar-refractivity contribution in [2.24, 2.45) is 5.92 Å². The molecule has 0 aromatic rings. The molecule has 2 heterocycles. The second kappa shape index (κ2) is 4.49. The highest BCUT2D eigenvalue weighted by Crippen LogP contribution is 2.21. The van der Waals surface area contributed by atoms with E-state index in [2.05, 4.69) is 5.32 Å². The standard InChI is InChI=1S/C11H20N2O2/c1-8(14)9-4-6-13(7-9)11(15)10-3-2-5-12-10/h8-10,12,14H,2-7H2,1H3/t8?,9?,10-/m1/s1. The van der Waals surface area contributed by atoms with Crippen molar-refractivity contribution >= 4 is 5.91 Å². The Labute approximate surface area is 90.6 Å². The number of carbonyl (C=O) groups excluding carboxylic acids is 1. The van der Waals surface area contributed by atoms with Crippen LogP contribution in [0, 0.1) is 5.92 Å². The van der Waals surface area contributed by atoms with Gasteiger partial charge in [-0.25, -0.2) is 0 Å². The average molecular weight is 212 g/mol. The number of nitrogens with zero attached hydrogens (tertiary/aromatic N) is 1. The van der Waals surface area contributed by atoms with Gasteiger partial charge in [-0.1, -0.05) is 0 Å². The number of likely N-dealkylation sites (tertiary alicyclic amines) is 1. The maximum absolute atomic E-state index is 12.0. The number of carbonyl (C=O) groups is 1. The van der Waals surface area contributed by atoms with E-state index in [0.717, 1.165) is 38.9 Å². The number of amides is 1. The first-order valence-electron chi connectivity index (χ1n) is 5.88. The van der Waals surface area contributed by atoms with Crippen LogP contribution in [0.15, 0.2) is 0 Å². The number of rotatable bonds is 2. The molecule has 2 unspecified atom stereocenters. The van der Waals surface area contributed by atoms with Gasteiger partial charge < -0.3 is 15.3 Å². The molecule has 0 aromatic heterocycles. The normalized spacial score (nSPS) is 33.3. The summed E-state index contributed by atoms with van der Waals surface area (Å²) >= 11 is 0. The third-order valence-electron chi connectivity index (χ3n) is 3.58. The van der Waals surface area contributed by atoms with E-state index in [0.29, 0.717) is 0 Å². The van der Waals surface area contributed by atoms with Crippen LogP contribution in [0.4, 0.5) is 0 Å². The average Bonchev–Trinajstić information content (AvgIpc) is 2.88. The molecule has 2 fully saturated rings. The molecule has 0 aliphatic carbocycles. The monoisotopic (exact) mass is 212 g/mol. The third-order valence-corrected chi connectivity index (χ3v) is 3.58. The van der Waals surface area contributed by atoms with E-state index in [-0.39, 0.29) is 24.0 Å².